The van der Waals surface area contributed by atoms with Gasteiger partial charge in [0.1, 0.15) is 6.04 Å². The molecule has 1 heterocycles. The second kappa shape index (κ2) is 4.77. The van der Waals surface area contributed by atoms with Gasteiger partial charge in [-0.2, -0.15) is 0 Å². The predicted octanol–water partition coefficient (Wildman–Crippen LogP) is 0.182. The molecule has 1 atom stereocenters. The average Bonchev–Trinajstić information content (AvgIpc) is 2.40. The van der Waals surface area contributed by atoms with Crippen molar-refractivity contribution >= 4 is 17.9 Å². The number of imide groups is 1. The molecule has 2 N–H and O–H groups in total. The van der Waals surface area contributed by atoms with Crippen LogP contribution in [0.25, 0.3) is 0 Å². The van der Waals surface area contributed by atoms with E-state index in [-0.39, 0.29) is 18.9 Å². The van der Waals surface area contributed by atoms with Crippen molar-refractivity contribution in [1.82, 2.24) is 10.2 Å². The smallest absolute Gasteiger partial charge is 0.324 e. The average molecular weight is 214 g/mol. The van der Waals surface area contributed by atoms with Crippen LogP contribution < -0.4 is 5.32 Å². The summed E-state index contributed by atoms with van der Waals surface area (Å²) in [6.45, 7) is 1.86. The molecule has 6 nitrogen and oxygen atoms in total. The Balaban J connectivity index is 2.54. The Morgan fingerprint density at radius 2 is 2.20 bits per heavy atom. The lowest BCUT2D eigenvalue weighted by atomic mass is 10.2. The fourth-order valence-corrected chi connectivity index (χ4v) is 1.48. The van der Waals surface area contributed by atoms with Gasteiger partial charge in [-0.1, -0.05) is 13.3 Å². The van der Waals surface area contributed by atoms with Gasteiger partial charge in [0.25, 0.3) is 5.91 Å². The van der Waals surface area contributed by atoms with Crippen molar-refractivity contribution in [1.29, 1.82) is 0 Å². The Morgan fingerprint density at radius 1 is 1.53 bits per heavy atom. The first kappa shape index (κ1) is 11.5. The van der Waals surface area contributed by atoms with Crippen LogP contribution in [0.5, 0.6) is 0 Å². The van der Waals surface area contributed by atoms with Gasteiger partial charge in [-0.05, 0) is 6.42 Å². The Bertz CT molecular complexity index is 290. The molecule has 1 rings (SSSR count). The van der Waals surface area contributed by atoms with E-state index in [0.717, 1.165) is 11.3 Å². The topological polar surface area (TPSA) is 86.7 Å². The van der Waals surface area contributed by atoms with Crippen molar-refractivity contribution in [3.63, 3.8) is 0 Å². The second-order valence-electron chi connectivity index (χ2n) is 3.42. The lowest BCUT2D eigenvalue weighted by Crippen LogP contribution is -2.33. The van der Waals surface area contributed by atoms with Gasteiger partial charge in [-0.3, -0.25) is 14.5 Å². The highest BCUT2D eigenvalue weighted by Gasteiger charge is 2.36. The van der Waals surface area contributed by atoms with E-state index < -0.39 is 18.0 Å². The van der Waals surface area contributed by atoms with Gasteiger partial charge < -0.3 is 10.4 Å². The lowest BCUT2D eigenvalue weighted by molar-refractivity contribution is -0.137. The van der Waals surface area contributed by atoms with Crippen LogP contribution in [0.1, 0.15) is 26.2 Å². The quantitative estimate of drug-likeness (QED) is 0.639. The van der Waals surface area contributed by atoms with Crippen LogP contribution in [-0.2, 0) is 9.59 Å². The van der Waals surface area contributed by atoms with Gasteiger partial charge in [0.2, 0.25) is 0 Å². The molecule has 15 heavy (non-hydrogen) atoms. The Morgan fingerprint density at radius 3 is 2.73 bits per heavy atom. The van der Waals surface area contributed by atoms with Crippen molar-refractivity contribution in [2.75, 3.05) is 6.54 Å². The summed E-state index contributed by atoms with van der Waals surface area (Å²) in [6, 6.07) is -0.962. The molecule has 0 saturated carbocycles. The first-order valence-corrected chi connectivity index (χ1v) is 4.90. The van der Waals surface area contributed by atoms with E-state index in [1.165, 1.54) is 0 Å². The molecule has 6 heteroatoms. The van der Waals surface area contributed by atoms with E-state index in [4.69, 9.17) is 5.11 Å². The number of carbonyl (C=O) groups excluding carboxylic acids is 2. The first-order valence-electron chi connectivity index (χ1n) is 4.90. The minimum atomic E-state index is -1.02. The van der Waals surface area contributed by atoms with Gasteiger partial charge in [0.15, 0.2) is 0 Å². The maximum atomic E-state index is 11.6. The molecular formula is C9H14N2O4. The summed E-state index contributed by atoms with van der Waals surface area (Å²) >= 11 is 0. The van der Waals surface area contributed by atoms with Crippen LogP contribution in [0.3, 0.4) is 0 Å². The predicted molar refractivity (Wildman–Crippen MR) is 51.2 cm³/mol. The Kier molecular flexibility index (Phi) is 3.65. The number of urea groups is 1. The molecular weight excluding hydrogens is 200 g/mol. The zero-order valence-corrected chi connectivity index (χ0v) is 8.52. The van der Waals surface area contributed by atoms with E-state index >= 15 is 0 Å². The van der Waals surface area contributed by atoms with Crippen LogP contribution in [0.4, 0.5) is 4.79 Å². The number of carboxylic acids is 1. The first-order chi connectivity index (χ1) is 7.06. The van der Waals surface area contributed by atoms with E-state index in [2.05, 4.69) is 5.32 Å². The zero-order chi connectivity index (χ0) is 11.4. The van der Waals surface area contributed by atoms with E-state index in [1.54, 1.807) is 0 Å². The lowest BCUT2D eigenvalue weighted by Gasteiger charge is -2.10. The summed E-state index contributed by atoms with van der Waals surface area (Å²) in [7, 11) is 0. The number of nitrogens with one attached hydrogen (secondary N) is 1. The summed E-state index contributed by atoms with van der Waals surface area (Å²) in [5.41, 5.74) is 0. The summed E-state index contributed by atoms with van der Waals surface area (Å²) in [4.78, 5) is 34.1. The molecule has 1 unspecified atom stereocenters. The van der Waals surface area contributed by atoms with Crippen LogP contribution in [0.15, 0.2) is 0 Å². The molecule has 0 aliphatic carbocycles. The number of carboxylic acid groups (broad SMARTS) is 1. The highest BCUT2D eigenvalue weighted by Crippen LogP contribution is 2.11. The van der Waals surface area contributed by atoms with Crippen molar-refractivity contribution in [2.24, 2.45) is 0 Å². The number of hydrogen-bond donors (Lipinski definition) is 2. The molecule has 0 spiro atoms. The standard InChI is InChI=1S/C9H14N2O4/c1-2-3-6-8(14)11(9(15)10-6)5-4-7(12)13/h6H,2-5H2,1H3,(H,10,15)(H,12,13). The molecule has 0 bridgehead atoms. The van der Waals surface area contributed by atoms with E-state index in [0.29, 0.717) is 6.42 Å². The number of amides is 3. The van der Waals surface area contributed by atoms with Gasteiger partial charge in [0, 0.05) is 6.54 Å². The normalized spacial score (nSPS) is 20.6. The van der Waals surface area contributed by atoms with Crippen LogP contribution in [0.2, 0.25) is 0 Å². The maximum absolute atomic E-state index is 11.6. The van der Waals surface area contributed by atoms with Crippen molar-refractivity contribution < 1.29 is 19.5 Å². The zero-order valence-electron chi connectivity index (χ0n) is 8.52. The van der Waals surface area contributed by atoms with Gasteiger partial charge in [-0.15, -0.1) is 0 Å². The highest BCUT2D eigenvalue weighted by molar-refractivity contribution is 6.04. The van der Waals surface area contributed by atoms with E-state index in [1.807, 2.05) is 6.92 Å². The summed E-state index contributed by atoms with van der Waals surface area (Å²) in [5, 5.41) is 11.0. The van der Waals surface area contributed by atoms with Gasteiger partial charge >= 0.3 is 12.0 Å². The fraction of sp³-hybridized carbons (Fsp3) is 0.667. The Hall–Kier alpha value is -1.59. The molecule has 3 amide bonds. The number of hydrogen-bond acceptors (Lipinski definition) is 3. The second-order valence-corrected chi connectivity index (χ2v) is 3.42. The third-order valence-corrected chi connectivity index (χ3v) is 2.23. The summed E-state index contributed by atoms with van der Waals surface area (Å²) in [6.07, 6.45) is 1.18. The third-order valence-electron chi connectivity index (χ3n) is 2.23. The monoisotopic (exact) mass is 214 g/mol. The molecule has 1 fully saturated rings. The molecule has 0 radical (unpaired) electrons. The molecule has 1 aliphatic rings. The fourth-order valence-electron chi connectivity index (χ4n) is 1.48. The molecule has 0 aromatic carbocycles. The van der Waals surface area contributed by atoms with Crippen LogP contribution >= 0.6 is 0 Å². The number of carbonyl (C=O) groups is 3. The van der Waals surface area contributed by atoms with Crippen molar-refractivity contribution in [3.05, 3.63) is 0 Å². The number of rotatable bonds is 5. The van der Waals surface area contributed by atoms with Crippen LogP contribution in [0, 0.1) is 0 Å². The largest absolute Gasteiger partial charge is 0.481 e. The van der Waals surface area contributed by atoms with E-state index in [9.17, 15) is 14.4 Å². The Labute approximate surface area is 87.2 Å². The highest BCUT2D eigenvalue weighted by atomic mass is 16.4. The molecule has 84 valence electrons. The van der Waals surface area contributed by atoms with Gasteiger partial charge in [0.05, 0.1) is 6.42 Å². The van der Waals surface area contributed by atoms with Crippen LogP contribution in [-0.4, -0.2) is 40.5 Å². The number of nitrogens with zero attached hydrogens (tertiary/aromatic N) is 1. The third kappa shape index (κ3) is 2.68. The van der Waals surface area contributed by atoms with Gasteiger partial charge in [-0.25, -0.2) is 4.79 Å². The minimum absolute atomic E-state index is 0.0553. The maximum Gasteiger partial charge on any atom is 0.324 e. The van der Waals surface area contributed by atoms with Crippen molar-refractivity contribution in [3.8, 4) is 0 Å². The molecule has 1 aliphatic heterocycles. The SMILES string of the molecule is CCCC1NC(=O)N(CCC(=O)O)C1=O. The minimum Gasteiger partial charge on any atom is -0.481 e. The molecule has 0 aromatic rings. The summed E-state index contributed by atoms with van der Waals surface area (Å²) in [5.74, 6) is -1.34. The van der Waals surface area contributed by atoms with Crippen molar-refractivity contribution in [2.45, 2.75) is 32.2 Å². The number of aliphatic carboxylic acids is 1. The molecule has 0 aromatic heterocycles. The molecule has 1 saturated heterocycles. The summed E-state index contributed by atoms with van der Waals surface area (Å²) < 4.78 is 0.